The number of ether oxygens (including phenoxy) is 2. The van der Waals surface area contributed by atoms with Crippen molar-refractivity contribution in [2.75, 3.05) is 20.3 Å². The number of hydrogen-bond donors (Lipinski definition) is 0. The average Bonchev–Trinajstić information content (AvgIpc) is 2.49. The number of rotatable bonds is 5. The Morgan fingerprint density at radius 2 is 1.90 bits per heavy atom. The molecule has 0 atom stereocenters. The van der Waals surface area contributed by atoms with E-state index in [1.165, 1.54) is 0 Å². The lowest BCUT2D eigenvalue weighted by Gasteiger charge is -2.37. The van der Waals surface area contributed by atoms with Crippen molar-refractivity contribution < 1.29 is 14.3 Å². The van der Waals surface area contributed by atoms with E-state index in [1.807, 2.05) is 29.2 Å². The van der Waals surface area contributed by atoms with Crippen LogP contribution in [0.3, 0.4) is 0 Å². The standard InChI is InChI=1S/C17H25NO3/c1-13(2)18(16-8-10-21-11-9-16)17(19)15-6-4-14(5-7-15)12-20-3/h4-7,13,16H,8-12H2,1-3H3. The van der Waals surface area contributed by atoms with Crippen LogP contribution in [0.15, 0.2) is 24.3 Å². The molecule has 1 aromatic rings. The Morgan fingerprint density at radius 3 is 2.43 bits per heavy atom. The van der Waals surface area contributed by atoms with Crippen LogP contribution >= 0.6 is 0 Å². The van der Waals surface area contributed by atoms with Gasteiger partial charge in [0.05, 0.1) is 6.61 Å². The van der Waals surface area contributed by atoms with E-state index < -0.39 is 0 Å². The van der Waals surface area contributed by atoms with E-state index in [-0.39, 0.29) is 18.0 Å². The summed E-state index contributed by atoms with van der Waals surface area (Å²) in [4.78, 5) is 14.8. The van der Waals surface area contributed by atoms with Crippen LogP contribution in [0.5, 0.6) is 0 Å². The summed E-state index contributed by atoms with van der Waals surface area (Å²) in [5, 5.41) is 0. The first kappa shape index (κ1) is 16.0. The number of nitrogens with zero attached hydrogens (tertiary/aromatic N) is 1. The number of carbonyl (C=O) groups is 1. The monoisotopic (exact) mass is 291 g/mol. The second-order valence-electron chi connectivity index (χ2n) is 5.78. The highest BCUT2D eigenvalue weighted by Crippen LogP contribution is 2.20. The van der Waals surface area contributed by atoms with Crippen LogP contribution in [0.1, 0.15) is 42.6 Å². The molecule has 4 heteroatoms. The van der Waals surface area contributed by atoms with E-state index in [1.54, 1.807) is 7.11 Å². The summed E-state index contributed by atoms with van der Waals surface area (Å²) in [6.45, 7) is 6.21. The molecule has 1 fully saturated rings. The van der Waals surface area contributed by atoms with E-state index >= 15 is 0 Å². The van der Waals surface area contributed by atoms with Crippen LogP contribution in [0.2, 0.25) is 0 Å². The molecule has 0 unspecified atom stereocenters. The van der Waals surface area contributed by atoms with Crippen LogP contribution in [0.25, 0.3) is 0 Å². The van der Waals surface area contributed by atoms with Gasteiger partial charge >= 0.3 is 0 Å². The number of benzene rings is 1. The first-order valence-electron chi connectivity index (χ1n) is 7.61. The number of amides is 1. The largest absolute Gasteiger partial charge is 0.381 e. The molecule has 4 nitrogen and oxygen atoms in total. The molecule has 1 heterocycles. The van der Waals surface area contributed by atoms with Crippen molar-refractivity contribution in [1.29, 1.82) is 0 Å². The van der Waals surface area contributed by atoms with Gasteiger partial charge in [-0.2, -0.15) is 0 Å². The summed E-state index contributed by atoms with van der Waals surface area (Å²) in [6.07, 6.45) is 1.84. The molecular weight excluding hydrogens is 266 g/mol. The van der Waals surface area contributed by atoms with Crippen LogP contribution in [-0.4, -0.2) is 43.2 Å². The topological polar surface area (TPSA) is 38.8 Å². The highest BCUT2D eigenvalue weighted by Gasteiger charge is 2.28. The van der Waals surface area contributed by atoms with E-state index in [4.69, 9.17) is 9.47 Å². The molecule has 0 aromatic heterocycles. The Hall–Kier alpha value is -1.39. The van der Waals surface area contributed by atoms with Crippen molar-refractivity contribution in [1.82, 2.24) is 4.90 Å². The number of methoxy groups -OCH3 is 1. The fourth-order valence-corrected chi connectivity index (χ4v) is 2.84. The van der Waals surface area contributed by atoms with Crippen LogP contribution in [-0.2, 0) is 16.1 Å². The predicted octanol–water partition coefficient (Wildman–Crippen LogP) is 2.86. The summed E-state index contributed by atoms with van der Waals surface area (Å²) < 4.78 is 10.5. The molecule has 21 heavy (non-hydrogen) atoms. The minimum absolute atomic E-state index is 0.112. The Balaban J connectivity index is 2.13. The maximum Gasteiger partial charge on any atom is 0.254 e. The van der Waals surface area contributed by atoms with Gasteiger partial charge in [-0.25, -0.2) is 0 Å². The SMILES string of the molecule is COCc1ccc(C(=O)N(C(C)C)C2CCOCC2)cc1. The van der Waals surface area contributed by atoms with Gasteiger partial charge in [-0.1, -0.05) is 12.1 Å². The van der Waals surface area contributed by atoms with Crippen molar-refractivity contribution in [2.45, 2.75) is 45.4 Å². The van der Waals surface area contributed by atoms with Gasteiger partial charge in [0.25, 0.3) is 5.91 Å². The summed E-state index contributed by atoms with van der Waals surface area (Å²) in [5.74, 6) is 0.112. The zero-order valence-corrected chi connectivity index (χ0v) is 13.2. The van der Waals surface area contributed by atoms with E-state index in [0.29, 0.717) is 6.61 Å². The minimum atomic E-state index is 0.112. The molecule has 1 amide bonds. The van der Waals surface area contributed by atoms with Crippen molar-refractivity contribution in [2.24, 2.45) is 0 Å². The zero-order valence-electron chi connectivity index (χ0n) is 13.2. The molecule has 0 bridgehead atoms. The highest BCUT2D eigenvalue weighted by atomic mass is 16.5. The third kappa shape index (κ3) is 4.05. The van der Waals surface area contributed by atoms with Gasteiger partial charge in [-0.15, -0.1) is 0 Å². The number of hydrogen-bond acceptors (Lipinski definition) is 3. The van der Waals surface area contributed by atoms with E-state index in [2.05, 4.69) is 13.8 Å². The van der Waals surface area contributed by atoms with Gasteiger partial charge in [0.15, 0.2) is 0 Å². The van der Waals surface area contributed by atoms with Crippen LogP contribution in [0.4, 0.5) is 0 Å². The molecule has 116 valence electrons. The van der Waals surface area contributed by atoms with E-state index in [0.717, 1.165) is 37.2 Å². The molecule has 0 saturated carbocycles. The Morgan fingerprint density at radius 1 is 1.29 bits per heavy atom. The lowest BCUT2D eigenvalue weighted by atomic mass is 10.0. The molecule has 1 aliphatic rings. The molecule has 2 rings (SSSR count). The van der Waals surface area contributed by atoms with E-state index in [9.17, 15) is 4.79 Å². The van der Waals surface area contributed by atoms with Gasteiger partial charge in [0.1, 0.15) is 0 Å². The predicted molar refractivity (Wildman–Crippen MR) is 82.3 cm³/mol. The second kappa shape index (κ2) is 7.57. The van der Waals surface area contributed by atoms with Gasteiger partial charge in [-0.05, 0) is 44.4 Å². The fraction of sp³-hybridized carbons (Fsp3) is 0.588. The smallest absolute Gasteiger partial charge is 0.254 e. The molecule has 0 spiro atoms. The summed E-state index contributed by atoms with van der Waals surface area (Å²) in [7, 11) is 1.67. The molecule has 0 radical (unpaired) electrons. The molecule has 1 saturated heterocycles. The molecule has 0 N–H and O–H groups in total. The Kier molecular flexibility index (Phi) is 5.76. The zero-order chi connectivity index (χ0) is 15.2. The van der Waals surface area contributed by atoms with Crippen LogP contribution < -0.4 is 0 Å². The third-order valence-electron chi connectivity index (χ3n) is 3.89. The average molecular weight is 291 g/mol. The van der Waals surface area contributed by atoms with Gasteiger partial charge in [-0.3, -0.25) is 4.79 Å². The highest BCUT2D eigenvalue weighted by molar-refractivity contribution is 5.94. The Labute approximate surface area is 127 Å². The van der Waals surface area contributed by atoms with Gasteiger partial charge in [0.2, 0.25) is 0 Å². The lowest BCUT2D eigenvalue weighted by molar-refractivity contribution is 0.0206. The first-order valence-corrected chi connectivity index (χ1v) is 7.61. The summed E-state index contributed by atoms with van der Waals surface area (Å²) >= 11 is 0. The molecule has 0 aliphatic carbocycles. The molecule has 1 aromatic carbocycles. The summed E-state index contributed by atoms with van der Waals surface area (Å²) in [6, 6.07) is 8.18. The first-order chi connectivity index (χ1) is 10.1. The van der Waals surface area contributed by atoms with Crippen molar-refractivity contribution in [3.8, 4) is 0 Å². The van der Waals surface area contributed by atoms with Gasteiger partial charge in [0, 0.05) is 38.0 Å². The van der Waals surface area contributed by atoms with Crippen LogP contribution in [0, 0.1) is 0 Å². The quantitative estimate of drug-likeness (QED) is 0.837. The second-order valence-corrected chi connectivity index (χ2v) is 5.78. The summed E-state index contributed by atoms with van der Waals surface area (Å²) in [5.41, 5.74) is 1.83. The van der Waals surface area contributed by atoms with Crippen molar-refractivity contribution in [3.05, 3.63) is 35.4 Å². The normalized spacial score (nSPS) is 16.2. The third-order valence-corrected chi connectivity index (χ3v) is 3.89. The lowest BCUT2D eigenvalue weighted by Crippen LogP contribution is -2.47. The van der Waals surface area contributed by atoms with Crippen molar-refractivity contribution in [3.63, 3.8) is 0 Å². The Bertz CT molecular complexity index is 450. The fourth-order valence-electron chi connectivity index (χ4n) is 2.84. The number of carbonyl (C=O) groups excluding carboxylic acids is 1. The van der Waals surface area contributed by atoms with Crippen molar-refractivity contribution >= 4 is 5.91 Å². The van der Waals surface area contributed by atoms with Gasteiger partial charge < -0.3 is 14.4 Å². The minimum Gasteiger partial charge on any atom is -0.381 e. The maximum absolute atomic E-state index is 12.8. The maximum atomic E-state index is 12.8. The molecule has 1 aliphatic heterocycles. The molecular formula is C17H25NO3.